The van der Waals surface area contributed by atoms with Crippen molar-refractivity contribution >= 4 is 21.6 Å². The first kappa shape index (κ1) is 17.9. The van der Waals surface area contributed by atoms with Gasteiger partial charge < -0.3 is 10.6 Å². The standard InChI is InChI=1S/C19H20N4O2S/c1-2-23(14-15-9-5-3-6-10-15)19-21-13-17(18(20)22-19)26(24,25)16-11-7-4-8-12-16/h3-13H,2,14H2,1H3,(H2,20,21,22). The third-order valence-corrected chi connectivity index (χ3v) is 5.78. The molecule has 0 saturated heterocycles. The molecule has 2 N–H and O–H groups in total. The molecule has 26 heavy (non-hydrogen) atoms. The summed E-state index contributed by atoms with van der Waals surface area (Å²) in [5.74, 6) is 0.353. The van der Waals surface area contributed by atoms with Gasteiger partial charge in [0.2, 0.25) is 15.8 Å². The van der Waals surface area contributed by atoms with E-state index < -0.39 is 9.84 Å². The molecule has 0 radical (unpaired) electrons. The Bertz CT molecular complexity index is 977. The van der Waals surface area contributed by atoms with Crippen LogP contribution >= 0.6 is 0 Å². The molecular weight excluding hydrogens is 348 g/mol. The first-order valence-corrected chi connectivity index (χ1v) is 9.72. The smallest absolute Gasteiger partial charge is 0.227 e. The van der Waals surface area contributed by atoms with Crippen LogP contribution in [0.15, 0.2) is 76.7 Å². The van der Waals surface area contributed by atoms with E-state index in [1.807, 2.05) is 42.2 Å². The first-order valence-electron chi connectivity index (χ1n) is 8.24. The average molecular weight is 368 g/mol. The number of sulfone groups is 1. The predicted molar refractivity (Wildman–Crippen MR) is 102 cm³/mol. The van der Waals surface area contributed by atoms with Gasteiger partial charge in [-0.15, -0.1) is 0 Å². The summed E-state index contributed by atoms with van der Waals surface area (Å²) in [4.78, 5) is 10.5. The first-order chi connectivity index (χ1) is 12.5. The van der Waals surface area contributed by atoms with Crippen LogP contribution in [0, 0.1) is 0 Å². The van der Waals surface area contributed by atoms with Crippen LogP contribution in [-0.4, -0.2) is 24.9 Å². The molecule has 3 rings (SSSR count). The molecule has 7 heteroatoms. The van der Waals surface area contributed by atoms with Crippen LogP contribution < -0.4 is 10.6 Å². The van der Waals surface area contributed by atoms with E-state index in [1.54, 1.807) is 18.2 Å². The number of rotatable bonds is 6. The summed E-state index contributed by atoms with van der Waals surface area (Å²) < 4.78 is 25.4. The molecule has 0 saturated carbocycles. The Morgan fingerprint density at radius 1 is 1.00 bits per heavy atom. The van der Waals surface area contributed by atoms with Crippen molar-refractivity contribution in [3.8, 4) is 0 Å². The van der Waals surface area contributed by atoms with Crippen molar-refractivity contribution in [2.24, 2.45) is 0 Å². The van der Waals surface area contributed by atoms with Crippen molar-refractivity contribution in [1.82, 2.24) is 9.97 Å². The minimum absolute atomic E-state index is 0.0506. The number of aromatic nitrogens is 2. The van der Waals surface area contributed by atoms with Crippen LogP contribution in [0.4, 0.5) is 11.8 Å². The zero-order valence-corrected chi connectivity index (χ0v) is 15.2. The molecule has 1 heterocycles. The number of hydrogen-bond donors (Lipinski definition) is 1. The maximum Gasteiger partial charge on any atom is 0.227 e. The second-order valence-electron chi connectivity index (χ2n) is 5.74. The highest BCUT2D eigenvalue weighted by molar-refractivity contribution is 7.91. The molecule has 3 aromatic rings. The molecular formula is C19H20N4O2S. The summed E-state index contributed by atoms with van der Waals surface area (Å²) in [6, 6.07) is 18.0. The summed E-state index contributed by atoms with van der Waals surface area (Å²) in [5, 5.41) is 0. The Labute approximate surface area is 153 Å². The van der Waals surface area contributed by atoms with Gasteiger partial charge in [0.1, 0.15) is 10.7 Å². The monoisotopic (exact) mass is 368 g/mol. The number of hydrogen-bond acceptors (Lipinski definition) is 6. The fourth-order valence-electron chi connectivity index (χ4n) is 2.59. The van der Waals surface area contributed by atoms with Crippen molar-refractivity contribution in [3.63, 3.8) is 0 Å². The number of anilines is 2. The molecule has 1 aromatic heterocycles. The Kier molecular flexibility index (Phi) is 5.18. The van der Waals surface area contributed by atoms with E-state index in [9.17, 15) is 8.42 Å². The van der Waals surface area contributed by atoms with Gasteiger partial charge in [-0.3, -0.25) is 0 Å². The minimum Gasteiger partial charge on any atom is -0.382 e. The number of benzene rings is 2. The second-order valence-corrected chi connectivity index (χ2v) is 7.65. The van der Waals surface area contributed by atoms with Crippen molar-refractivity contribution in [1.29, 1.82) is 0 Å². The second kappa shape index (κ2) is 7.53. The molecule has 6 nitrogen and oxygen atoms in total. The predicted octanol–water partition coefficient (Wildman–Crippen LogP) is 2.92. The topological polar surface area (TPSA) is 89.2 Å². The maximum absolute atomic E-state index is 12.7. The number of nitrogen functional groups attached to an aromatic ring is 1. The van der Waals surface area contributed by atoms with Crippen LogP contribution in [0.3, 0.4) is 0 Å². The summed E-state index contributed by atoms with van der Waals surface area (Å²) in [7, 11) is -3.75. The summed E-state index contributed by atoms with van der Waals surface area (Å²) >= 11 is 0. The Morgan fingerprint density at radius 2 is 1.62 bits per heavy atom. The molecule has 0 bridgehead atoms. The fourth-order valence-corrected chi connectivity index (χ4v) is 3.87. The van der Waals surface area contributed by atoms with Gasteiger partial charge in [0.05, 0.1) is 11.1 Å². The van der Waals surface area contributed by atoms with Gasteiger partial charge in [0.15, 0.2) is 0 Å². The highest BCUT2D eigenvalue weighted by Crippen LogP contribution is 2.25. The van der Waals surface area contributed by atoms with Crippen molar-refractivity contribution < 1.29 is 8.42 Å². The van der Waals surface area contributed by atoms with E-state index >= 15 is 0 Å². The third kappa shape index (κ3) is 3.67. The van der Waals surface area contributed by atoms with Gasteiger partial charge in [0, 0.05) is 13.1 Å². The molecule has 0 fully saturated rings. The molecule has 0 atom stereocenters. The van der Waals surface area contributed by atoms with Gasteiger partial charge in [-0.1, -0.05) is 48.5 Å². The highest BCUT2D eigenvalue weighted by Gasteiger charge is 2.23. The van der Waals surface area contributed by atoms with E-state index in [4.69, 9.17) is 5.73 Å². The normalized spacial score (nSPS) is 11.3. The van der Waals surface area contributed by atoms with Crippen LogP contribution in [0.1, 0.15) is 12.5 Å². The lowest BCUT2D eigenvalue weighted by Gasteiger charge is -2.21. The van der Waals surface area contributed by atoms with Gasteiger partial charge in [-0.05, 0) is 24.6 Å². The molecule has 0 unspecified atom stereocenters. The van der Waals surface area contributed by atoms with Crippen LogP contribution in [-0.2, 0) is 16.4 Å². The van der Waals surface area contributed by atoms with Gasteiger partial charge in [-0.25, -0.2) is 13.4 Å². The molecule has 134 valence electrons. The van der Waals surface area contributed by atoms with Crippen LogP contribution in [0.5, 0.6) is 0 Å². The average Bonchev–Trinajstić information content (AvgIpc) is 2.67. The van der Waals surface area contributed by atoms with Crippen molar-refractivity contribution in [3.05, 3.63) is 72.4 Å². The third-order valence-electron chi connectivity index (χ3n) is 3.99. The van der Waals surface area contributed by atoms with Crippen LogP contribution in [0.2, 0.25) is 0 Å². The lowest BCUT2D eigenvalue weighted by Crippen LogP contribution is -2.25. The summed E-state index contributed by atoms with van der Waals surface area (Å²) in [6.45, 7) is 3.26. The quantitative estimate of drug-likeness (QED) is 0.719. The van der Waals surface area contributed by atoms with E-state index in [0.29, 0.717) is 19.0 Å². The molecule has 0 spiro atoms. The van der Waals surface area contributed by atoms with Gasteiger partial charge in [0.25, 0.3) is 0 Å². The zero-order chi connectivity index (χ0) is 18.6. The largest absolute Gasteiger partial charge is 0.382 e. The Balaban J connectivity index is 1.92. The van der Waals surface area contributed by atoms with Crippen molar-refractivity contribution in [2.45, 2.75) is 23.3 Å². The highest BCUT2D eigenvalue weighted by atomic mass is 32.2. The lowest BCUT2D eigenvalue weighted by atomic mass is 10.2. The van der Waals surface area contributed by atoms with E-state index in [1.165, 1.54) is 18.3 Å². The van der Waals surface area contributed by atoms with Crippen LogP contribution in [0.25, 0.3) is 0 Å². The summed E-state index contributed by atoms with van der Waals surface area (Å²) in [5.41, 5.74) is 7.08. The molecule has 2 aromatic carbocycles. The van der Waals surface area contributed by atoms with E-state index in [0.717, 1.165) is 5.56 Å². The molecule has 0 aliphatic heterocycles. The molecule has 0 amide bonds. The van der Waals surface area contributed by atoms with E-state index in [2.05, 4.69) is 9.97 Å². The Hall–Kier alpha value is -2.93. The van der Waals surface area contributed by atoms with E-state index in [-0.39, 0.29) is 15.6 Å². The number of nitrogens with zero attached hydrogens (tertiary/aromatic N) is 3. The zero-order valence-electron chi connectivity index (χ0n) is 14.4. The Morgan fingerprint density at radius 3 is 2.19 bits per heavy atom. The van der Waals surface area contributed by atoms with Gasteiger partial charge >= 0.3 is 0 Å². The lowest BCUT2D eigenvalue weighted by molar-refractivity contribution is 0.595. The SMILES string of the molecule is CCN(Cc1ccccc1)c1ncc(S(=O)(=O)c2ccccc2)c(N)n1. The maximum atomic E-state index is 12.7. The number of nitrogens with two attached hydrogens (primary N) is 1. The summed E-state index contributed by atoms with van der Waals surface area (Å²) in [6.07, 6.45) is 1.29. The minimum atomic E-state index is -3.75. The fraction of sp³-hybridized carbons (Fsp3) is 0.158. The van der Waals surface area contributed by atoms with Gasteiger partial charge in [-0.2, -0.15) is 4.98 Å². The van der Waals surface area contributed by atoms with Crippen molar-refractivity contribution in [2.75, 3.05) is 17.2 Å². The molecule has 0 aliphatic carbocycles. The molecule has 0 aliphatic rings.